The summed E-state index contributed by atoms with van der Waals surface area (Å²) in [6.45, 7) is 3.42. The van der Waals surface area contributed by atoms with Crippen molar-refractivity contribution in [3.05, 3.63) is 35.9 Å². The Morgan fingerprint density at radius 1 is 1.24 bits per heavy atom. The Hall–Kier alpha value is -2.14. The lowest BCUT2D eigenvalue weighted by atomic mass is 10.1. The predicted octanol–water partition coefficient (Wildman–Crippen LogP) is 2.90. The van der Waals surface area contributed by atoms with E-state index in [1.807, 2.05) is 27.1 Å². The van der Waals surface area contributed by atoms with Crippen LogP contribution in [0.15, 0.2) is 24.3 Å². The predicted molar refractivity (Wildman–Crippen MR) is 82.2 cm³/mol. The van der Waals surface area contributed by atoms with E-state index in [2.05, 4.69) is 14.5 Å². The Balaban J connectivity index is 2.36. The first kappa shape index (κ1) is 13.8. The van der Waals surface area contributed by atoms with Gasteiger partial charge in [0.2, 0.25) is 5.95 Å². The van der Waals surface area contributed by atoms with Crippen LogP contribution in [0.5, 0.6) is 5.75 Å². The molecule has 0 saturated carbocycles. The molecule has 2 heterocycles. The molecular formula is C16H18FN3O. The number of aromatic nitrogens is 2. The van der Waals surface area contributed by atoms with Gasteiger partial charge in [0.1, 0.15) is 5.75 Å². The topological polar surface area (TPSA) is 41.3 Å². The van der Waals surface area contributed by atoms with Crippen molar-refractivity contribution < 1.29 is 9.50 Å². The van der Waals surface area contributed by atoms with E-state index in [1.165, 1.54) is 6.07 Å². The Morgan fingerprint density at radius 3 is 2.71 bits per heavy atom. The van der Waals surface area contributed by atoms with Crippen LogP contribution in [0.3, 0.4) is 0 Å². The monoisotopic (exact) mass is 287 g/mol. The molecule has 0 bridgehead atoms. The SMILES string of the molecule is Cc1nc(F)cc2c3ccc(O)cc3n(CCN(C)C)c12. The lowest BCUT2D eigenvalue weighted by Crippen LogP contribution is -2.18. The Labute approximate surface area is 122 Å². The normalized spacial score (nSPS) is 11.9. The highest BCUT2D eigenvalue weighted by molar-refractivity contribution is 6.09. The van der Waals surface area contributed by atoms with Crippen molar-refractivity contribution >= 4 is 21.8 Å². The van der Waals surface area contributed by atoms with Gasteiger partial charge in [-0.25, -0.2) is 4.98 Å². The molecule has 0 aliphatic carbocycles. The van der Waals surface area contributed by atoms with Gasteiger partial charge in [-0.2, -0.15) is 4.39 Å². The first-order valence-corrected chi connectivity index (χ1v) is 6.90. The first-order valence-electron chi connectivity index (χ1n) is 6.90. The van der Waals surface area contributed by atoms with Gasteiger partial charge in [-0.15, -0.1) is 0 Å². The number of rotatable bonds is 3. The van der Waals surface area contributed by atoms with E-state index in [9.17, 15) is 9.50 Å². The van der Waals surface area contributed by atoms with Crippen LogP contribution in [0.1, 0.15) is 5.69 Å². The highest BCUT2D eigenvalue weighted by Gasteiger charge is 2.15. The molecule has 4 nitrogen and oxygen atoms in total. The van der Waals surface area contributed by atoms with Gasteiger partial charge in [-0.1, -0.05) is 0 Å². The van der Waals surface area contributed by atoms with E-state index >= 15 is 0 Å². The fraction of sp³-hybridized carbons (Fsp3) is 0.312. The minimum atomic E-state index is -0.472. The number of phenols is 1. The van der Waals surface area contributed by atoms with E-state index in [-0.39, 0.29) is 5.75 Å². The molecule has 110 valence electrons. The summed E-state index contributed by atoms with van der Waals surface area (Å²) in [5.74, 6) is -0.262. The number of fused-ring (bicyclic) bond motifs is 3. The largest absolute Gasteiger partial charge is 0.508 e. The number of likely N-dealkylation sites (N-methyl/N-ethyl adjacent to an activating group) is 1. The van der Waals surface area contributed by atoms with Gasteiger partial charge in [0.15, 0.2) is 0 Å². The summed E-state index contributed by atoms with van der Waals surface area (Å²) >= 11 is 0. The van der Waals surface area contributed by atoms with Crippen LogP contribution in [0, 0.1) is 12.9 Å². The summed E-state index contributed by atoms with van der Waals surface area (Å²) < 4.78 is 15.8. The minimum absolute atomic E-state index is 0.211. The number of aryl methyl sites for hydroxylation is 1. The second kappa shape index (κ2) is 5.00. The highest BCUT2D eigenvalue weighted by Crippen LogP contribution is 2.32. The maximum absolute atomic E-state index is 13.6. The third-order valence-corrected chi connectivity index (χ3v) is 3.74. The third kappa shape index (κ3) is 2.34. The second-order valence-corrected chi connectivity index (χ2v) is 5.58. The Morgan fingerprint density at radius 2 is 2.00 bits per heavy atom. The summed E-state index contributed by atoms with van der Waals surface area (Å²) in [5, 5.41) is 11.5. The molecule has 1 N–H and O–H groups in total. The Kier molecular flexibility index (Phi) is 3.29. The average Bonchev–Trinajstić information content (AvgIpc) is 2.69. The summed E-state index contributed by atoms with van der Waals surface area (Å²) in [6, 6.07) is 6.65. The van der Waals surface area contributed by atoms with Crippen LogP contribution >= 0.6 is 0 Å². The molecule has 0 spiro atoms. The lowest BCUT2D eigenvalue weighted by Gasteiger charge is -2.13. The summed E-state index contributed by atoms with van der Waals surface area (Å²) in [5.41, 5.74) is 2.50. The standard InChI is InChI=1S/C16H18FN3O/c1-10-16-13(9-15(17)18-10)12-5-4-11(21)8-14(12)20(16)7-6-19(2)3/h4-5,8-9,21H,6-7H2,1-3H3. The number of halogens is 1. The van der Waals surface area contributed by atoms with Crippen molar-refractivity contribution in [2.75, 3.05) is 20.6 Å². The summed E-state index contributed by atoms with van der Waals surface area (Å²) in [4.78, 5) is 6.03. The van der Waals surface area contributed by atoms with Crippen molar-refractivity contribution in [1.29, 1.82) is 0 Å². The first-order chi connectivity index (χ1) is 9.97. The van der Waals surface area contributed by atoms with Gasteiger partial charge in [0.25, 0.3) is 0 Å². The molecule has 0 unspecified atom stereocenters. The maximum Gasteiger partial charge on any atom is 0.213 e. The van der Waals surface area contributed by atoms with Crippen LogP contribution in [0.2, 0.25) is 0 Å². The van der Waals surface area contributed by atoms with Crippen molar-refractivity contribution in [1.82, 2.24) is 14.5 Å². The summed E-state index contributed by atoms with van der Waals surface area (Å²) in [7, 11) is 4.02. The molecule has 0 fully saturated rings. The van der Waals surface area contributed by atoms with Gasteiger partial charge in [-0.05, 0) is 33.2 Å². The van der Waals surface area contributed by atoms with Gasteiger partial charge in [0.05, 0.1) is 16.7 Å². The van der Waals surface area contributed by atoms with E-state index in [4.69, 9.17) is 0 Å². The lowest BCUT2D eigenvalue weighted by molar-refractivity contribution is 0.389. The second-order valence-electron chi connectivity index (χ2n) is 5.58. The molecule has 3 aromatic rings. The van der Waals surface area contributed by atoms with E-state index < -0.39 is 5.95 Å². The molecule has 0 saturated heterocycles. The third-order valence-electron chi connectivity index (χ3n) is 3.74. The molecule has 1 aromatic carbocycles. The van der Waals surface area contributed by atoms with Crippen LogP contribution in [-0.2, 0) is 6.54 Å². The number of benzene rings is 1. The molecule has 0 amide bonds. The van der Waals surface area contributed by atoms with Crippen molar-refractivity contribution in [3.8, 4) is 5.75 Å². The highest BCUT2D eigenvalue weighted by atomic mass is 19.1. The number of nitrogens with zero attached hydrogens (tertiary/aromatic N) is 3. The molecule has 0 aliphatic rings. The molecule has 0 atom stereocenters. The van der Waals surface area contributed by atoms with Gasteiger partial charge in [0, 0.05) is 36.0 Å². The van der Waals surface area contributed by atoms with Crippen molar-refractivity contribution in [2.45, 2.75) is 13.5 Å². The molecule has 0 aliphatic heterocycles. The van der Waals surface area contributed by atoms with Crippen LogP contribution < -0.4 is 0 Å². The van der Waals surface area contributed by atoms with Crippen molar-refractivity contribution in [2.24, 2.45) is 0 Å². The summed E-state index contributed by atoms with van der Waals surface area (Å²) in [6.07, 6.45) is 0. The zero-order valence-corrected chi connectivity index (χ0v) is 12.4. The van der Waals surface area contributed by atoms with E-state index in [0.29, 0.717) is 5.69 Å². The zero-order chi connectivity index (χ0) is 15.1. The minimum Gasteiger partial charge on any atom is -0.508 e. The van der Waals surface area contributed by atoms with Crippen LogP contribution in [-0.4, -0.2) is 40.2 Å². The fourth-order valence-corrected chi connectivity index (χ4v) is 2.80. The average molecular weight is 287 g/mol. The van der Waals surface area contributed by atoms with Gasteiger partial charge in [-0.3, -0.25) is 0 Å². The number of phenolic OH excluding ortho intramolecular Hbond substituents is 1. The zero-order valence-electron chi connectivity index (χ0n) is 12.4. The molecular weight excluding hydrogens is 269 g/mol. The quantitative estimate of drug-likeness (QED) is 0.753. The van der Waals surface area contributed by atoms with Gasteiger partial charge >= 0.3 is 0 Å². The maximum atomic E-state index is 13.6. The van der Waals surface area contributed by atoms with Crippen LogP contribution in [0.4, 0.5) is 4.39 Å². The molecule has 21 heavy (non-hydrogen) atoms. The number of aromatic hydroxyl groups is 1. The molecule has 3 rings (SSSR count). The molecule has 5 heteroatoms. The number of hydrogen-bond donors (Lipinski definition) is 1. The van der Waals surface area contributed by atoms with Gasteiger partial charge < -0.3 is 14.6 Å². The van der Waals surface area contributed by atoms with Crippen LogP contribution in [0.25, 0.3) is 21.8 Å². The molecule has 2 aromatic heterocycles. The molecule has 0 radical (unpaired) electrons. The van der Waals surface area contributed by atoms with E-state index in [1.54, 1.807) is 12.1 Å². The number of hydrogen-bond acceptors (Lipinski definition) is 3. The fourth-order valence-electron chi connectivity index (χ4n) is 2.80. The van der Waals surface area contributed by atoms with Crippen molar-refractivity contribution in [3.63, 3.8) is 0 Å². The number of pyridine rings is 1. The van der Waals surface area contributed by atoms with E-state index in [0.717, 1.165) is 34.9 Å². The smallest absolute Gasteiger partial charge is 0.213 e. The Bertz CT molecular complexity index is 823.